The van der Waals surface area contributed by atoms with Crippen LogP contribution in [0.5, 0.6) is 5.75 Å². The van der Waals surface area contributed by atoms with Gasteiger partial charge < -0.3 is 14.1 Å². The van der Waals surface area contributed by atoms with Gasteiger partial charge in [0.05, 0.1) is 12.0 Å². The lowest BCUT2D eigenvalue weighted by atomic mass is 10.1. The zero-order valence-corrected chi connectivity index (χ0v) is 14.6. The molecule has 1 aromatic heterocycles. The minimum Gasteiger partial charge on any atom is -0.484 e. The smallest absolute Gasteiger partial charge is 0.307 e. The fraction of sp³-hybridized carbons (Fsp3) is 0.316. The molecule has 1 aliphatic heterocycles. The number of benzene rings is 1. The largest absolute Gasteiger partial charge is 0.484 e. The van der Waals surface area contributed by atoms with Crippen LogP contribution in [0.1, 0.15) is 35.9 Å². The Morgan fingerprint density at radius 2 is 1.92 bits per heavy atom. The molecular formula is C19H21N3O4. The highest BCUT2D eigenvalue weighted by Crippen LogP contribution is 2.14. The van der Waals surface area contributed by atoms with Gasteiger partial charge in [0.2, 0.25) is 0 Å². The molecule has 0 atom stereocenters. The van der Waals surface area contributed by atoms with Gasteiger partial charge in [0.1, 0.15) is 5.75 Å². The maximum Gasteiger partial charge on any atom is 0.307 e. The molecule has 136 valence electrons. The number of likely N-dealkylation sites (tertiary alicyclic amines) is 1. The maximum atomic E-state index is 12.0. The molecule has 0 spiro atoms. The van der Waals surface area contributed by atoms with Crippen molar-refractivity contribution >= 4 is 17.5 Å². The van der Waals surface area contributed by atoms with Gasteiger partial charge in [-0.05, 0) is 61.7 Å². The van der Waals surface area contributed by atoms with E-state index >= 15 is 0 Å². The number of rotatable bonds is 6. The molecule has 1 saturated heterocycles. The quantitative estimate of drug-likeness (QED) is 0.637. The van der Waals surface area contributed by atoms with Crippen molar-refractivity contribution in [3.8, 4) is 5.75 Å². The van der Waals surface area contributed by atoms with Gasteiger partial charge >= 0.3 is 5.91 Å². The summed E-state index contributed by atoms with van der Waals surface area (Å²) in [6, 6.07) is 10.4. The first-order chi connectivity index (χ1) is 12.6. The Morgan fingerprint density at radius 1 is 1.19 bits per heavy atom. The molecule has 1 fully saturated rings. The third-order valence-corrected chi connectivity index (χ3v) is 4.16. The van der Waals surface area contributed by atoms with Crippen LogP contribution < -0.4 is 10.2 Å². The zero-order valence-electron chi connectivity index (χ0n) is 14.6. The second-order valence-electron chi connectivity index (χ2n) is 6.02. The van der Waals surface area contributed by atoms with Crippen LogP contribution in [0.15, 0.2) is 52.2 Å². The topological polar surface area (TPSA) is 84.1 Å². The first-order valence-electron chi connectivity index (χ1n) is 8.52. The van der Waals surface area contributed by atoms with Crippen molar-refractivity contribution in [3.05, 3.63) is 54.0 Å². The van der Waals surface area contributed by atoms with Crippen LogP contribution in [0.2, 0.25) is 0 Å². The normalized spacial score (nSPS) is 14.3. The molecule has 26 heavy (non-hydrogen) atoms. The number of amides is 2. The van der Waals surface area contributed by atoms with Crippen LogP contribution in [0, 0.1) is 0 Å². The van der Waals surface area contributed by atoms with Crippen LogP contribution >= 0.6 is 0 Å². The summed E-state index contributed by atoms with van der Waals surface area (Å²) in [4.78, 5) is 25.6. The van der Waals surface area contributed by atoms with E-state index in [1.807, 2.05) is 17.0 Å². The van der Waals surface area contributed by atoms with Crippen LogP contribution in [0.4, 0.5) is 0 Å². The van der Waals surface area contributed by atoms with E-state index in [0.29, 0.717) is 11.5 Å². The van der Waals surface area contributed by atoms with Crippen molar-refractivity contribution in [3.63, 3.8) is 0 Å². The summed E-state index contributed by atoms with van der Waals surface area (Å²) in [5.74, 6) is 0.432. The van der Waals surface area contributed by atoms with Crippen LogP contribution in [-0.2, 0) is 4.79 Å². The van der Waals surface area contributed by atoms with E-state index in [2.05, 4.69) is 10.5 Å². The lowest BCUT2D eigenvalue weighted by Crippen LogP contribution is -2.32. The van der Waals surface area contributed by atoms with Gasteiger partial charge in [-0.1, -0.05) is 0 Å². The molecule has 0 unspecified atom stereocenters. The average molecular weight is 355 g/mol. The molecular weight excluding hydrogens is 334 g/mol. The van der Waals surface area contributed by atoms with Crippen LogP contribution in [0.25, 0.3) is 0 Å². The average Bonchev–Trinajstić information content (AvgIpc) is 3.38. The summed E-state index contributed by atoms with van der Waals surface area (Å²) < 4.78 is 10.6. The fourth-order valence-corrected chi connectivity index (χ4v) is 2.66. The predicted molar refractivity (Wildman–Crippen MR) is 96.1 cm³/mol. The number of hydrazone groups is 1. The molecule has 0 radical (unpaired) electrons. The number of ether oxygens (including phenoxy) is 1. The van der Waals surface area contributed by atoms with E-state index < -0.39 is 5.91 Å². The summed E-state index contributed by atoms with van der Waals surface area (Å²) in [6.45, 7) is 3.47. The molecule has 1 aromatic carbocycles. The lowest BCUT2D eigenvalue weighted by molar-refractivity contribution is -0.132. The number of nitrogens with one attached hydrogen (secondary N) is 1. The monoisotopic (exact) mass is 355 g/mol. The summed E-state index contributed by atoms with van der Waals surface area (Å²) in [6.07, 6.45) is 3.56. The minimum absolute atomic E-state index is 0.0185. The van der Waals surface area contributed by atoms with E-state index in [1.165, 1.54) is 6.26 Å². The molecule has 7 heteroatoms. The number of furan rings is 1. The molecule has 0 bridgehead atoms. The Morgan fingerprint density at radius 3 is 2.58 bits per heavy atom. The van der Waals surface area contributed by atoms with Gasteiger partial charge in [0, 0.05) is 13.1 Å². The van der Waals surface area contributed by atoms with Gasteiger partial charge in [0.25, 0.3) is 5.91 Å². The van der Waals surface area contributed by atoms with Gasteiger partial charge in [-0.15, -0.1) is 0 Å². The van der Waals surface area contributed by atoms with Gasteiger partial charge in [-0.3, -0.25) is 9.59 Å². The third kappa shape index (κ3) is 4.50. The highest BCUT2D eigenvalue weighted by molar-refractivity contribution is 6.00. The molecule has 1 N–H and O–H groups in total. The number of hydrogen-bond donors (Lipinski definition) is 1. The predicted octanol–water partition coefficient (Wildman–Crippen LogP) is 2.43. The third-order valence-electron chi connectivity index (χ3n) is 4.16. The van der Waals surface area contributed by atoms with E-state index in [1.54, 1.807) is 31.2 Å². The number of hydrogen-bond acceptors (Lipinski definition) is 5. The van der Waals surface area contributed by atoms with Crippen molar-refractivity contribution in [2.75, 3.05) is 19.7 Å². The van der Waals surface area contributed by atoms with Crippen molar-refractivity contribution in [2.24, 2.45) is 5.10 Å². The summed E-state index contributed by atoms with van der Waals surface area (Å²) in [5, 5.41) is 4.06. The molecule has 2 aromatic rings. The molecule has 0 saturated carbocycles. The van der Waals surface area contributed by atoms with Crippen molar-refractivity contribution in [1.82, 2.24) is 10.3 Å². The Bertz CT molecular complexity index is 776. The number of carbonyl (C=O) groups excluding carboxylic acids is 2. The summed E-state index contributed by atoms with van der Waals surface area (Å²) in [7, 11) is 0. The van der Waals surface area contributed by atoms with Crippen LogP contribution in [-0.4, -0.2) is 42.1 Å². The van der Waals surface area contributed by atoms with Crippen LogP contribution in [0.3, 0.4) is 0 Å². The Balaban J connectivity index is 1.52. The minimum atomic E-state index is -0.408. The summed E-state index contributed by atoms with van der Waals surface area (Å²) in [5.41, 5.74) is 3.92. The second-order valence-corrected chi connectivity index (χ2v) is 6.02. The Labute approximate surface area is 151 Å². The SMILES string of the molecule is C/C(=N/NC(=O)c1ccco1)c1ccc(OCC(=O)N2CCCC2)cc1. The molecule has 2 amide bonds. The number of carbonyl (C=O) groups is 2. The van der Waals surface area contributed by atoms with Crippen molar-refractivity contribution < 1.29 is 18.7 Å². The second kappa shape index (κ2) is 8.33. The lowest BCUT2D eigenvalue weighted by Gasteiger charge is -2.15. The van der Waals surface area contributed by atoms with Gasteiger partial charge in [-0.25, -0.2) is 5.43 Å². The van der Waals surface area contributed by atoms with Gasteiger partial charge in [0.15, 0.2) is 12.4 Å². The van der Waals surface area contributed by atoms with Gasteiger partial charge in [-0.2, -0.15) is 5.10 Å². The molecule has 0 aliphatic carbocycles. The molecule has 1 aliphatic rings. The highest BCUT2D eigenvalue weighted by Gasteiger charge is 2.18. The molecule has 3 rings (SSSR count). The van der Waals surface area contributed by atoms with E-state index in [9.17, 15) is 9.59 Å². The van der Waals surface area contributed by atoms with E-state index in [4.69, 9.17) is 9.15 Å². The molecule has 7 nitrogen and oxygen atoms in total. The fourth-order valence-electron chi connectivity index (χ4n) is 2.66. The van der Waals surface area contributed by atoms with E-state index in [-0.39, 0.29) is 18.3 Å². The molecule has 2 heterocycles. The Kier molecular flexibility index (Phi) is 5.68. The maximum absolute atomic E-state index is 12.0. The first-order valence-corrected chi connectivity index (χ1v) is 8.52. The first kappa shape index (κ1) is 17.7. The highest BCUT2D eigenvalue weighted by atomic mass is 16.5. The summed E-state index contributed by atoms with van der Waals surface area (Å²) >= 11 is 0. The van der Waals surface area contributed by atoms with Crippen molar-refractivity contribution in [2.45, 2.75) is 19.8 Å². The van der Waals surface area contributed by atoms with E-state index in [0.717, 1.165) is 31.5 Å². The number of nitrogens with zero attached hydrogens (tertiary/aromatic N) is 2. The van der Waals surface area contributed by atoms with Crippen molar-refractivity contribution in [1.29, 1.82) is 0 Å². The zero-order chi connectivity index (χ0) is 18.4. The Hall–Kier alpha value is -3.09. The standard InChI is InChI=1S/C19H21N3O4/c1-14(20-21-19(24)17-5-4-12-25-17)15-6-8-16(9-7-15)26-13-18(23)22-10-2-3-11-22/h4-9,12H,2-3,10-11,13H2,1H3,(H,21,24)/b20-14-.